The average Bonchev–Trinajstić information content (AvgIpc) is 1.82. The van der Waals surface area contributed by atoms with Crippen molar-refractivity contribution in [2.75, 3.05) is 0 Å². The van der Waals surface area contributed by atoms with E-state index in [2.05, 4.69) is 9.98 Å². The third kappa shape index (κ3) is 0.960. The number of nitrogens with two attached hydrogens (primary N) is 3. The van der Waals surface area contributed by atoms with Gasteiger partial charge in [0.05, 0.1) is 0 Å². The quantitative estimate of drug-likeness (QED) is 0.346. The van der Waals surface area contributed by atoms with Gasteiger partial charge in [-0.3, -0.25) is 4.79 Å². The van der Waals surface area contributed by atoms with E-state index in [4.69, 9.17) is 17.2 Å². The number of carbonyl (C=O) groups excluding carboxylic acids is 1. The second kappa shape index (κ2) is 2.07. The Kier molecular flexibility index (Phi) is 1.38. The van der Waals surface area contributed by atoms with E-state index < -0.39 is 11.9 Å². The molecule has 6 nitrogen and oxygen atoms in total. The van der Waals surface area contributed by atoms with Gasteiger partial charge in [-0.05, 0) is 0 Å². The molecule has 54 valence electrons. The number of amides is 1. The summed E-state index contributed by atoms with van der Waals surface area (Å²) in [4.78, 5) is 17.4. The molecule has 1 amide bonds. The van der Waals surface area contributed by atoms with Crippen LogP contribution >= 0.6 is 0 Å². The van der Waals surface area contributed by atoms with Crippen LogP contribution in [0.4, 0.5) is 0 Å². The number of rotatable bonds is 0. The third-order valence-electron chi connectivity index (χ3n) is 1.05. The van der Waals surface area contributed by atoms with E-state index in [1.807, 2.05) is 0 Å². The summed E-state index contributed by atoms with van der Waals surface area (Å²) >= 11 is 0. The third-order valence-corrected chi connectivity index (χ3v) is 1.05. The van der Waals surface area contributed by atoms with Crippen LogP contribution in [0.25, 0.3) is 0 Å². The lowest BCUT2D eigenvalue weighted by atomic mass is 10.2. The van der Waals surface area contributed by atoms with Crippen LogP contribution in [0.5, 0.6) is 0 Å². The molecule has 6 N–H and O–H groups in total. The molecule has 1 rings (SSSR count). The topological polar surface area (TPSA) is 120 Å². The zero-order chi connectivity index (χ0) is 7.72. The van der Waals surface area contributed by atoms with Crippen molar-refractivity contribution in [1.82, 2.24) is 0 Å². The minimum absolute atomic E-state index is 0.0116. The summed E-state index contributed by atoms with van der Waals surface area (Å²) in [5.74, 6) is -0.674. The fraction of sp³-hybridized carbons (Fsp3) is 0.250. The van der Waals surface area contributed by atoms with Crippen molar-refractivity contribution in [3.05, 3.63) is 0 Å². The SMILES string of the molecule is NC1=NC(=O)[C@@H](N)C(N)=N1. The van der Waals surface area contributed by atoms with Crippen molar-refractivity contribution >= 4 is 17.7 Å². The van der Waals surface area contributed by atoms with Gasteiger partial charge in [0.1, 0.15) is 11.9 Å². The predicted molar refractivity (Wildman–Crippen MR) is 36.2 cm³/mol. The predicted octanol–water partition coefficient (Wildman–Crippen LogP) is -2.47. The monoisotopic (exact) mass is 141 g/mol. The maximum Gasteiger partial charge on any atom is 0.273 e. The molecule has 0 aromatic rings. The van der Waals surface area contributed by atoms with Crippen LogP contribution in [0.3, 0.4) is 0 Å². The van der Waals surface area contributed by atoms with Gasteiger partial charge in [0.15, 0.2) is 0 Å². The Labute approximate surface area is 56.8 Å². The van der Waals surface area contributed by atoms with Crippen molar-refractivity contribution in [1.29, 1.82) is 0 Å². The summed E-state index contributed by atoms with van der Waals surface area (Å²) < 4.78 is 0. The van der Waals surface area contributed by atoms with Gasteiger partial charge in [0.25, 0.3) is 5.91 Å². The molecule has 0 aromatic carbocycles. The lowest BCUT2D eigenvalue weighted by Gasteiger charge is -2.10. The summed E-state index contributed by atoms with van der Waals surface area (Å²) in [6.07, 6.45) is 0. The summed E-state index contributed by atoms with van der Waals surface area (Å²) in [6.45, 7) is 0. The van der Waals surface area contributed by atoms with Crippen LogP contribution in [-0.4, -0.2) is 23.7 Å². The van der Waals surface area contributed by atoms with Crippen LogP contribution < -0.4 is 17.2 Å². The highest BCUT2D eigenvalue weighted by molar-refractivity contribution is 6.16. The lowest BCUT2D eigenvalue weighted by molar-refractivity contribution is -0.117. The first kappa shape index (κ1) is 6.69. The van der Waals surface area contributed by atoms with Crippen LogP contribution in [0, 0.1) is 0 Å². The second-order valence-electron chi connectivity index (χ2n) is 1.82. The molecule has 0 aliphatic carbocycles. The highest BCUT2D eigenvalue weighted by atomic mass is 16.1. The Morgan fingerprint density at radius 2 is 1.90 bits per heavy atom. The van der Waals surface area contributed by atoms with Gasteiger partial charge in [0.2, 0.25) is 5.96 Å². The minimum atomic E-state index is -0.924. The van der Waals surface area contributed by atoms with Gasteiger partial charge >= 0.3 is 0 Å². The largest absolute Gasteiger partial charge is 0.385 e. The molecule has 1 atom stereocenters. The maximum absolute atomic E-state index is 10.7. The fourth-order valence-corrected chi connectivity index (χ4v) is 0.536. The molecule has 1 aliphatic heterocycles. The first-order chi connectivity index (χ1) is 4.61. The van der Waals surface area contributed by atoms with Gasteiger partial charge in [-0.25, -0.2) is 0 Å². The number of hydrogen-bond acceptors (Lipinski definition) is 5. The lowest BCUT2D eigenvalue weighted by Crippen LogP contribution is -2.46. The molecule has 0 unspecified atom stereocenters. The van der Waals surface area contributed by atoms with E-state index in [-0.39, 0.29) is 11.8 Å². The van der Waals surface area contributed by atoms with E-state index >= 15 is 0 Å². The van der Waals surface area contributed by atoms with Crippen molar-refractivity contribution in [2.45, 2.75) is 6.04 Å². The Morgan fingerprint density at radius 1 is 1.30 bits per heavy atom. The van der Waals surface area contributed by atoms with Gasteiger partial charge < -0.3 is 17.2 Å². The first-order valence-electron chi connectivity index (χ1n) is 2.59. The highest BCUT2D eigenvalue weighted by Crippen LogP contribution is 1.92. The van der Waals surface area contributed by atoms with Crippen molar-refractivity contribution in [2.24, 2.45) is 27.2 Å². The van der Waals surface area contributed by atoms with E-state index in [0.717, 1.165) is 0 Å². The molecule has 10 heavy (non-hydrogen) atoms. The number of hydrogen-bond donors (Lipinski definition) is 3. The molecule has 0 bridgehead atoms. The number of carbonyl (C=O) groups is 1. The van der Waals surface area contributed by atoms with Crippen LogP contribution in [0.15, 0.2) is 9.98 Å². The zero-order valence-corrected chi connectivity index (χ0v) is 5.11. The second-order valence-corrected chi connectivity index (χ2v) is 1.82. The molecule has 0 radical (unpaired) electrons. The molecular formula is C4H7N5O. The standard InChI is InChI=1S/C4H7N5O/c5-1-2(6)8-4(7)9-3(1)10/h1H,5H2,(H4,6,7,8,9,10)/t1-/m0/s1. The molecule has 0 spiro atoms. The van der Waals surface area contributed by atoms with Crippen molar-refractivity contribution in [3.63, 3.8) is 0 Å². The van der Waals surface area contributed by atoms with Gasteiger partial charge in [-0.1, -0.05) is 0 Å². The number of guanidine groups is 1. The molecular weight excluding hydrogens is 134 g/mol. The Hall–Kier alpha value is -1.43. The summed E-state index contributed by atoms with van der Waals surface area (Å²) in [6, 6.07) is -0.924. The normalized spacial score (nSPS) is 25.7. The van der Waals surface area contributed by atoms with Crippen LogP contribution in [0.2, 0.25) is 0 Å². The molecule has 0 saturated heterocycles. The smallest absolute Gasteiger partial charge is 0.273 e. The minimum Gasteiger partial charge on any atom is -0.385 e. The van der Waals surface area contributed by atoms with Gasteiger partial charge in [-0.2, -0.15) is 9.98 Å². The maximum atomic E-state index is 10.7. The zero-order valence-electron chi connectivity index (χ0n) is 5.11. The summed E-state index contributed by atoms with van der Waals surface area (Å²) in [5.41, 5.74) is 15.5. The Morgan fingerprint density at radius 3 is 2.40 bits per heavy atom. The average molecular weight is 141 g/mol. The van der Waals surface area contributed by atoms with E-state index in [1.54, 1.807) is 0 Å². The molecule has 0 fully saturated rings. The highest BCUT2D eigenvalue weighted by Gasteiger charge is 2.21. The van der Waals surface area contributed by atoms with Crippen molar-refractivity contribution < 1.29 is 4.79 Å². The van der Waals surface area contributed by atoms with Gasteiger partial charge in [0, 0.05) is 0 Å². The van der Waals surface area contributed by atoms with E-state index in [9.17, 15) is 4.79 Å². The van der Waals surface area contributed by atoms with Crippen molar-refractivity contribution in [3.8, 4) is 0 Å². The van der Waals surface area contributed by atoms with Crippen LogP contribution in [0.1, 0.15) is 0 Å². The Bertz CT molecular complexity index is 230. The molecule has 0 aromatic heterocycles. The molecule has 1 heterocycles. The number of nitrogens with zero attached hydrogens (tertiary/aromatic N) is 2. The van der Waals surface area contributed by atoms with E-state index in [0.29, 0.717) is 0 Å². The fourth-order valence-electron chi connectivity index (χ4n) is 0.536. The molecule has 0 saturated carbocycles. The number of amidine groups is 1. The number of aliphatic imine (C=N–C) groups is 2. The summed E-state index contributed by atoms with van der Waals surface area (Å²) in [5, 5.41) is 0. The summed E-state index contributed by atoms with van der Waals surface area (Å²) in [7, 11) is 0. The van der Waals surface area contributed by atoms with Gasteiger partial charge in [-0.15, -0.1) is 0 Å². The first-order valence-corrected chi connectivity index (χ1v) is 2.59. The van der Waals surface area contributed by atoms with Crippen LogP contribution in [-0.2, 0) is 4.79 Å². The Balaban J connectivity index is 2.95. The molecule has 1 aliphatic rings. The van der Waals surface area contributed by atoms with E-state index in [1.165, 1.54) is 0 Å². The molecule has 6 heteroatoms.